The Morgan fingerprint density at radius 2 is 1.80 bits per heavy atom. The van der Waals surface area contributed by atoms with Crippen LogP contribution in [0.25, 0.3) is 16.2 Å². The molecule has 0 aliphatic heterocycles. The standard InChI is InChI=1S/C22H20FN3O3S/c1-13-19(11-24-21(27)20-17(28-2)5-4-6-18(20)29-3)30-22-25-16(12-26(13)22)14-7-9-15(23)10-8-14/h4-10,12H,11H2,1-3H3,(H,24,27). The van der Waals surface area contributed by atoms with E-state index in [2.05, 4.69) is 10.3 Å². The van der Waals surface area contributed by atoms with Crippen LogP contribution in [0.2, 0.25) is 0 Å². The van der Waals surface area contributed by atoms with Gasteiger partial charge in [-0.3, -0.25) is 9.20 Å². The lowest BCUT2D eigenvalue weighted by atomic mass is 10.1. The second-order valence-electron chi connectivity index (χ2n) is 6.62. The van der Waals surface area contributed by atoms with Gasteiger partial charge in [-0.05, 0) is 43.3 Å². The number of thiazole rings is 1. The van der Waals surface area contributed by atoms with Gasteiger partial charge in [-0.2, -0.15) is 0 Å². The van der Waals surface area contributed by atoms with E-state index in [1.807, 2.05) is 17.5 Å². The molecule has 4 rings (SSSR count). The van der Waals surface area contributed by atoms with Crippen LogP contribution in [0.4, 0.5) is 4.39 Å². The Morgan fingerprint density at radius 3 is 2.40 bits per heavy atom. The molecule has 4 aromatic rings. The number of ether oxygens (including phenoxy) is 2. The summed E-state index contributed by atoms with van der Waals surface area (Å²) in [7, 11) is 3.03. The molecule has 0 saturated heterocycles. The number of halogens is 1. The predicted octanol–water partition coefficient (Wildman–Crippen LogP) is 4.46. The summed E-state index contributed by atoms with van der Waals surface area (Å²) in [4.78, 5) is 19.2. The van der Waals surface area contributed by atoms with E-state index in [1.165, 1.54) is 37.7 Å². The van der Waals surface area contributed by atoms with Crippen molar-refractivity contribution in [2.24, 2.45) is 0 Å². The minimum Gasteiger partial charge on any atom is -0.496 e. The van der Waals surface area contributed by atoms with E-state index >= 15 is 0 Å². The van der Waals surface area contributed by atoms with Crippen molar-refractivity contribution < 1.29 is 18.7 Å². The van der Waals surface area contributed by atoms with Crippen molar-refractivity contribution in [3.05, 3.63) is 70.6 Å². The van der Waals surface area contributed by atoms with Crippen molar-refractivity contribution in [2.45, 2.75) is 13.5 Å². The molecule has 2 heterocycles. The Balaban J connectivity index is 1.55. The highest BCUT2D eigenvalue weighted by atomic mass is 32.1. The Kier molecular flexibility index (Phi) is 5.41. The van der Waals surface area contributed by atoms with Crippen LogP contribution in [0, 0.1) is 12.7 Å². The minimum atomic E-state index is -0.277. The maximum Gasteiger partial charge on any atom is 0.259 e. The highest BCUT2D eigenvalue weighted by Crippen LogP contribution is 2.29. The third-order valence-electron chi connectivity index (χ3n) is 4.86. The largest absolute Gasteiger partial charge is 0.496 e. The molecule has 2 aromatic carbocycles. The number of imidazole rings is 1. The number of aryl methyl sites for hydroxylation is 1. The average molecular weight is 425 g/mol. The van der Waals surface area contributed by atoms with Crippen LogP contribution in [-0.4, -0.2) is 29.5 Å². The van der Waals surface area contributed by atoms with Crippen LogP contribution in [0.3, 0.4) is 0 Å². The summed E-state index contributed by atoms with van der Waals surface area (Å²) >= 11 is 1.50. The van der Waals surface area contributed by atoms with Crippen molar-refractivity contribution in [2.75, 3.05) is 14.2 Å². The van der Waals surface area contributed by atoms with E-state index in [4.69, 9.17) is 9.47 Å². The lowest BCUT2D eigenvalue weighted by molar-refractivity contribution is 0.0945. The zero-order valence-corrected chi connectivity index (χ0v) is 17.5. The first-order valence-corrected chi connectivity index (χ1v) is 10.1. The van der Waals surface area contributed by atoms with Gasteiger partial charge in [0.2, 0.25) is 0 Å². The molecule has 30 heavy (non-hydrogen) atoms. The highest BCUT2D eigenvalue weighted by molar-refractivity contribution is 7.17. The predicted molar refractivity (Wildman–Crippen MR) is 114 cm³/mol. The second-order valence-corrected chi connectivity index (χ2v) is 7.68. The molecule has 0 bridgehead atoms. The summed E-state index contributed by atoms with van der Waals surface area (Å²) < 4.78 is 25.8. The maximum absolute atomic E-state index is 13.2. The number of nitrogens with zero attached hydrogens (tertiary/aromatic N) is 2. The maximum atomic E-state index is 13.2. The minimum absolute atomic E-state index is 0.276. The molecule has 0 aliphatic carbocycles. The molecule has 0 spiro atoms. The molecular weight excluding hydrogens is 405 g/mol. The quantitative estimate of drug-likeness (QED) is 0.496. The first kappa shape index (κ1) is 19.9. The normalized spacial score (nSPS) is 10.9. The topological polar surface area (TPSA) is 64.9 Å². The number of benzene rings is 2. The number of hydrogen-bond acceptors (Lipinski definition) is 5. The van der Waals surface area contributed by atoms with E-state index in [1.54, 1.807) is 30.3 Å². The molecule has 0 radical (unpaired) electrons. The smallest absolute Gasteiger partial charge is 0.259 e. The fraction of sp³-hybridized carbons (Fsp3) is 0.182. The second kappa shape index (κ2) is 8.16. The van der Waals surface area contributed by atoms with E-state index in [0.29, 0.717) is 23.6 Å². The molecule has 8 heteroatoms. The Hall–Kier alpha value is -3.39. The van der Waals surface area contributed by atoms with Gasteiger partial charge in [-0.15, -0.1) is 0 Å². The van der Waals surface area contributed by atoms with E-state index in [9.17, 15) is 9.18 Å². The van der Waals surface area contributed by atoms with Gasteiger partial charge < -0.3 is 14.8 Å². The summed E-state index contributed by atoms with van der Waals surface area (Å²) in [5, 5.41) is 2.94. The van der Waals surface area contributed by atoms with Gasteiger partial charge in [0.05, 0.1) is 26.5 Å². The fourth-order valence-electron chi connectivity index (χ4n) is 3.24. The molecule has 0 unspecified atom stereocenters. The van der Waals surface area contributed by atoms with Crippen molar-refractivity contribution in [1.29, 1.82) is 0 Å². The van der Waals surface area contributed by atoms with Crippen LogP contribution < -0.4 is 14.8 Å². The number of fused-ring (bicyclic) bond motifs is 1. The molecule has 6 nitrogen and oxygen atoms in total. The Morgan fingerprint density at radius 1 is 1.13 bits per heavy atom. The first-order valence-electron chi connectivity index (χ1n) is 9.24. The van der Waals surface area contributed by atoms with E-state index in [0.717, 1.165) is 26.8 Å². The van der Waals surface area contributed by atoms with Gasteiger partial charge >= 0.3 is 0 Å². The zero-order valence-electron chi connectivity index (χ0n) is 16.7. The zero-order chi connectivity index (χ0) is 21.3. The summed E-state index contributed by atoms with van der Waals surface area (Å²) in [6.45, 7) is 2.33. The molecular formula is C22H20FN3O3S. The van der Waals surface area contributed by atoms with Gasteiger partial charge in [0.15, 0.2) is 4.96 Å². The van der Waals surface area contributed by atoms with Crippen molar-refractivity contribution in [1.82, 2.24) is 14.7 Å². The molecule has 2 aromatic heterocycles. The lowest BCUT2D eigenvalue weighted by Gasteiger charge is -2.12. The summed E-state index contributed by atoms with van der Waals surface area (Å²) in [6, 6.07) is 11.5. The molecule has 0 saturated carbocycles. The van der Waals surface area contributed by atoms with Gasteiger partial charge in [0.1, 0.15) is 22.9 Å². The monoisotopic (exact) mass is 425 g/mol. The lowest BCUT2D eigenvalue weighted by Crippen LogP contribution is -2.24. The molecule has 0 fully saturated rings. The van der Waals surface area contributed by atoms with E-state index in [-0.39, 0.29) is 11.7 Å². The van der Waals surface area contributed by atoms with Gasteiger partial charge in [-0.1, -0.05) is 17.4 Å². The Bertz CT molecular complexity index is 1190. The van der Waals surface area contributed by atoms with Crippen LogP contribution >= 0.6 is 11.3 Å². The summed E-state index contributed by atoms with van der Waals surface area (Å²) in [5.74, 6) is 0.351. The van der Waals surface area contributed by atoms with Gasteiger partial charge in [0, 0.05) is 22.3 Å². The van der Waals surface area contributed by atoms with Crippen LogP contribution in [0.15, 0.2) is 48.7 Å². The number of carbonyl (C=O) groups is 1. The van der Waals surface area contributed by atoms with E-state index < -0.39 is 0 Å². The average Bonchev–Trinajstić information content (AvgIpc) is 3.31. The number of amides is 1. The number of rotatable bonds is 6. The number of nitrogens with one attached hydrogen (secondary N) is 1. The summed E-state index contributed by atoms with van der Waals surface area (Å²) in [5.41, 5.74) is 2.98. The molecule has 0 atom stereocenters. The fourth-order valence-corrected chi connectivity index (χ4v) is 4.28. The van der Waals surface area contributed by atoms with Gasteiger partial charge in [-0.25, -0.2) is 9.37 Å². The molecule has 0 aliphatic rings. The van der Waals surface area contributed by atoms with Crippen LogP contribution in [-0.2, 0) is 6.54 Å². The SMILES string of the molecule is COc1cccc(OC)c1C(=O)NCc1sc2nc(-c3ccc(F)cc3)cn2c1C. The number of aromatic nitrogens is 2. The van der Waals surface area contributed by atoms with Crippen LogP contribution in [0.1, 0.15) is 20.9 Å². The summed E-state index contributed by atoms with van der Waals surface area (Å²) in [6.07, 6.45) is 1.92. The third kappa shape index (κ3) is 3.61. The molecule has 1 amide bonds. The third-order valence-corrected chi connectivity index (χ3v) is 6.01. The Labute approximate surface area is 176 Å². The molecule has 154 valence electrons. The number of carbonyl (C=O) groups excluding carboxylic acids is 1. The van der Waals surface area contributed by atoms with Crippen molar-refractivity contribution in [3.8, 4) is 22.8 Å². The van der Waals surface area contributed by atoms with Crippen LogP contribution in [0.5, 0.6) is 11.5 Å². The van der Waals surface area contributed by atoms with Crippen molar-refractivity contribution >= 4 is 22.2 Å². The van der Waals surface area contributed by atoms with Gasteiger partial charge in [0.25, 0.3) is 5.91 Å². The van der Waals surface area contributed by atoms with Crippen molar-refractivity contribution in [3.63, 3.8) is 0 Å². The number of methoxy groups -OCH3 is 2. The molecule has 1 N–H and O–H groups in total. The highest BCUT2D eigenvalue weighted by Gasteiger charge is 2.19. The number of hydrogen-bond donors (Lipinski definition) is 1. The first-order chi connectivity index (χ1) is 14.5.